The molecule has 0 saturated heterocycles. The predicted molar refractivity (Wildman–Crippen MR) is 149 cm³/mol. The Morgan fingerprint density at radius 2 is 1.67 bits per heavy atom. The first kappa shape index (κ1) is 29.6. The van der Waals surface area contributed by atoms with E-state index in [2.05, 4.69) is 20.8 Å². The molecule has 9 nitrogen and oxygen atoms in total. The second kappa shape index (κ2) is 11.2. The SMILES string of the molecule is CC(C)n1nccc1C(=O)N[C@H](c1cn2ncc(C(NC(=O)CC3CC(F)(F)C3)C3CC3)cc2n1)C1CCC(F)(F)CC1. The minimum Gasteiger partial charge on any atom is -0.349 e. The van der Waals surface area contributed by atoms with E-state index < -0.39 is 17.9 Å². The molecule has 0 bridgehead atoms. The van der Waals surface area contributed by atoms with Crippen LogP contribution in [0, 0.1) is 17.8 Å². The van der Waals surface area contributed by atoms with Crippen molar-refractivity contribution in [2.24, 2.45) is 17.8 Å². The van der Waals surface area contributed by atoms with E-state index in [0.29, 0.717) is 17.0 Å². The number of carbonyl (C=O) groups is 2. The number of hydrogen-bond donors (Lipinski definition) is 2. The number of fused-ring (bicyclic) bond motifs is 1. The molecule has 43 heavy (non-hydrogen) atoms. The molecular weight excluding hydrogens is 566 g/mol. The Kier molecular flexibility index (Phi) is 7.70. The molecule has 2 amide bonds. The van der Waals surface area contributed by atoms with Gasteiger partial charge in [-0.25, -0.2) is 27.1 Å². The van der Waals surface area contributed by atoms with Crippen molar-refractivity contribution in [1.82, 2.24) is 35.0 Å². The molecule has 2 N–H and O–H groups in total. The zero-order valence-corrected chi connectivity index (χ0v) is 24.3. The van der Waals surface area contributed by atoms with Gasteiger partial charge in [0.05, 0.1) is 30.2 Å². The molecule has 3 aliphatic rings. The van der Waals surface area contributed by atoms with E-state index in [9.17, 15) is 27.2 Å². The van der Waals surface area contributed by atoms with Gasteiger partial charge in [0.2, 0.25) is 17.8 Å². The number of nitrogens with one attached hydrogen (secondary N) is 2. The van der Waals surface area contributed by atoms with E-state index in [1.54, 1.807) is 33.9 Å². The van der Waals surface area contributed by atoms with Gasteiger partial charge < -0.3 is 10.6 Å². The zero-order chi connectivity index (χ0) is 30.5. The Morgan fingerprint density at radius 1 is 0.977 bits per heavy atom. The molecule has 13 heteroatoms. The molecule has 0 radical (unpaired) electrons. The van der Waals surface area contributed by atoms with Crippen molar-refractivity contribution in [3.63, 3.8) is 0 Å². The molecule has 3 heterocycles. The van der Waals surface area contributed by atoms with Crippen LogP contribution in [-0.2, 0) is 4.79 Å². The quantitative estimate of drug-likeness (QED) is 0.285. The summed E-state index contributed by atoms with van der Waals surface area (Å²) >= 11 is 0. The van der Waals surface area contributed by atoms with Crippen LogP contribution in [0.1, 0.15) is 112 Å². The van der Waals surface area contributed by atoms with E-state index in [-0.39, 0.29) is 86.6 Å². The van der Waals surface area contributed by atoms with Crippen molar-refractivity contribution in [3.05, 3.63) is 47.7 Å². The summed E-state index contributed by atoms with van der Waals surface area (Å²) in [5.41, 5.74) is 2.15. The second-order valence-corrected chi connectivity index (χ2v) is 12.9. The Morgan fingerprint density at radius 3 is 2.33 bits per heavy atom. The summed E-state index contributed by atoms with van der Waals surface area (Å²) in [6.07, 6.45) is 6.30. The normalized spacial score (nSPS) is 21.8. The van der Waals surface area contributed by atoms with Crippen LogP contribution >= 0.6 is 0 Å². The first-order valence-corrected chi connectivity index (χ1v) is 15.1. The fourth-order valence-corrected chi connectivity index (χ4v) is 6.51. The van der Waals surface area contributed by atoms with Gasteiger partial charge in [0, 0.05) is 44.3 Å². The van der Waals surface area contributed by atoms with Crippen LogP contribution in [0.2, 0.25) is 0 Å². The molecule has 0 aromatic carbocycles. The lowest BCUT2D eigenvalue weighted by molar-refractivity contribution is -0.134. The van der Waals surface area contributed by atoms with Crippen LogP contribution in [0.5, 0.6) is 0 Å². The van der Waals surface area contributed by atoms with E-state index in [4.69, 9.17) is 4.98 Å². The third-order valence-electron chi connectivity index (χ3n) is 9.01. The summed E-state index contributed by atoms with van der Waals surface area (Å²) in [5, 5.41) is 14.9. The minimum absolute atomic E-state index is 0.0463. The molecule has 6 rings (SSSR count). The number of carbonyl (C=O) groups excluding carboxylic acids is 2. The van der Waals surface area contributed by atoms with Gasteiger partial charge in [0.1, 0.15) is 5.69 Å². The molecule has 3 saturated carbocycles. The molecule has 3 fully saturated rings. The summed E-state index contributed by atoms with van der Waals surface area (Å²) in [6.45, 7) is 3.83. The molecule has 232 valence electrons. The smallest absolute Gasteiger partial charge is 0.270 e. The highest BCUT2D eigenvalue weighted by atomic mass is 19.3. The number of nitrogens with zero attached hydrogens (tertiary/aromatic N) is 5. The van der Waals surface area contributed by atoms with Crippen LogP contribution in [0.4, 0.5) is 17.6 Å². The molecular formula is C30H37F4N7O2. The van der Waals surface area contributed by atoms with Gasteiger partial charge >= 0.3 is 0 Å². The van der Waals surface area contributed by atoms with Gasteiger partial charge in [-0.1, -0.05) is 0 Å². The number of aromatic nitrogens is 5. The fourth-order valence-electron chi connectivity index (χ4n) is 6.51. The number of alkyl halides is 4. The number of hydrogen-bond acceptors (Lipinski definition) is 5. The van der Waals surface area contributed by atoms with Crippen LogP contribution in [0.15, 0.2) is 30.7 Å². The highest BCUT2D eigenvalue weighted by molar-refractivity contribution is 5.92. The van der Waals surface area contributed by atoms with Crippen molar-refractivity contribution < 1.29 is 27.2 Å². The lowest BCUT2D eigenvalue weighted by Gasteiger charge is -2.34. The van der Waals surface area contributed by atoms with Crippen LogP contribution in [0.3, 0.4) is 0 Å². The van der Waals surface area contributed by atoms with E-state index in [1.165, 1.54) is 0 Å². The first-order chi connectivity index (χ1) is 20.4. The van der Waals surface area contributed by atoms with Crippen molar-refractivity contribution in [3.8, 4) is 0 Å². The van der Waals surface area contributed by atoms with Gasteiger partial charge in [-0.15, -0.1) is 0 Å². The average Bonchev–Trinajstić information content (AvgIpc) is 3.47. The zero-order valence-electron chi connectivity index (χ0n) is 24.3. The molecule has 3 aliphatic carbocycles. The monoisotopic (exact) mass is 603 g/mol. The van der Waals surface area contributed by atoms with E-state index in [0.717, 1.165) is 18.4 Å². The largest absolute Gasteiger partial charge is 0.349 e. The summed E-state index contributed by atoms with van der Waals surface area (Å²) in [5.74, 6) is -6.33. The predicted octanol–water partition coefficient (Wildman–Crippen LogP) is 5.81. The van der Waals surface area contributed by atoms with Gasteiger partial charge in [-0.3, -0.25) is 14.3 Å². The number of imidazole rings is 1. The Balaban J connectivity index is 1.24. The third-order valence-corrected chi connectivity index (χ3v) is 9.01. The lowest BCUT2D eigenvalue weighted by Crippen LogP contribution is -2.39. The maximum atomic E-state index is 14.1. The van der Waals surface area contributed by atoms with Crippen molar-refractivity contribution >= 4 is 17.5 Å². The highest BCUT2D eigenvalue weighted by Crippen LogP contribution is 2.45. The lowest BCUT2D eigenvalue weighted by atomic mass is 9.79. The van der Waals surface area contributed by atoms with Crippen LogP contribution < -0.4 is 10.6 Å². The molecule has 3 aromatic rings. The standard InChI is InChI=1S/C30H37F4N7O2/c1-17(2)41-23(7-10-35-41)28(43)39-27(20-5-8-29(31,32)9-6-20)22-16-40-24(37-22)12-21(15-36-40)26(19-3-4-19)38-25(42)11-18-13-30(33,34)14-18/h7,10,12,15-20,26-27H,3-6,8-9,11,13-14H2,1-2H3,(H,38,42)(H,39,43)/t26?,27-/m0/s1. The van der Waals surface area contributed by atoms with Gasteiger partial charge in [0.25, 0.3) is 5.91 Å². The molecule has 1 unspecified atom stereocenters. The summed E-state index contributed by atoms with van der Waals surface area (Å²) < 4.78 is 57.8. The Bertz CT molecular complexity index is 1480. The Labute approximate surface area is 246 Å². The van der Waals surface area contributed by atoms with Crippen LogP contribution in [-0.4, -0.2) is 48.0 Å². The van der Waals surface area contributed by atoms with Crippen molar-refractivity contribution in [1.29, 1.82) is 0 Å². The maximum absolute atomic E-state index is 14.1. The van der Waals surface area contributed by atoms with E-state index in [1.807, 2.05) is 19.9 Å². The van der Waals surface area contributed by atoms with Gasteiger partial charge in [-0.2, -0.15) is 10.2 Å². The summed E-state index contributed by atoms with van der Waals surface area (Å²) in [7, 11) is 0. The topological polar surface area (TPSA) is 106 Å². The average molecular weight is 604 g/mol. The molecule has 0 aliphatic heterocycles. The molecule has 3 aromatic heterocycles. The molecule has 2 atom stereocenters. The number of halogens is 4. The third kappa shape index (κ3) is 6.54. The van der Waals surface area contributed by atoms with E-state index >= 15 is 0 Å². The van der Waals surface area contributed by atoms with Crippen molar-refractivity contribution in [2.45, 2.75) is 102 Å². The van der Waals surface area contributed by atoms with Crippen molar-refractivity contribution in [2.75, 3.05) is 0 Å². The highest BCUT2D eigenvalue weighted by Gasteiger charge is 2.46. The van der Waals surface area contributed by atoms with Gasteiger partial charge in [-0.05, 0) is 75.0 Å². The maximum Gasteiger partial charge on any atom is 0.270 e. The number of rotatable bonds is 10. The van der Waals surface area contributed by atoms with Gasteiger partial charge in [0.15, 0.2) is 5.65 Å². The number of amides is 2. The van der Waals surface area contributed by atoms with Crippen LogP contribution in [0.25, 0.3) is 5.65 Å². The summed E-state index contributed by atoms with van der Waals surface area (Å²) in [6, 6.07) is 2.48. The summed E-state index contributed by atoms with van der Waals surface area (Å²) in [4.78, 5) is 30.9. The molecule has 0 spiro atoms. The Hall–Kier alpha value is -3.51. The first-order valence-electron chi connectivity index (χ1n) is 15.1. The second-order valence-electron chi connectivity index (χ2n) is 12.9. The fraction of sp³-hybridized carbons (Fsp3) is 0.633. The minimum atomic E-state index is -2.72.